The van der Waals surface area contributed by atoms with E-state index in [2.05, 4.69) is 24.5 Å². The zero-order valence-electron chi connectivity index (χ0n) is 12.2. The van der Waals surface area contributed by atoms with Gasteiger partial charge in [-0.2, -0.15) is 0 Å². The molecule has 0 aliphatic heterocycles. The van der Waals surface area contributed by atoms with Gasteiger partial charge >= 0.3 is 0 Å². The summed E-state index contributed by atoms with van der Waals surface area (Å²) in [5, 5.41) is 0.714. The summed E-state index contributed by atoms with van der Waals surface area (Å²) in [5.74, 6) is 1.04. The molecule has 4 heteroatoms. The molecule has 0 aliphatic rings. The number of anilines is 1. The summed E-state index contributed by atoms with van der Waals surface area (Å²) >= 11 is 6.08. The molecule has 3 aromatic rings. The van der Waals surface area contributed by atoms with Crippen molar-refractivity contribution in [1.29, 1.82) is 0 Å². The number of aromatic nitrogens is 2. The molecular weight excluding hydrogens is 282 g/mol. The van der Waals surface area contributed by atoms with Crippen molar-refractivity contribution in [3.8, 4) is 0 Å². The molecule has 0 saturated carbocycles. The monoisotopic (exact) mass is 299 g/mol. The van der Waals surface area contributed by atoms with E-state index in [1.165, 1.54) is 5.56 Å². The largest absolute Gasteiger partial charge is 0.399 e. The van der Waals surface area contributed by atoms with Crippen LogP contribution in [0.25, 0.3) is 11.0 Å². The lowest BCUT2D eigenvalue weighted by atomic mass is 10.1. The Morgan fingerprint density at radius 3 is 2.71 bits per heavy atom. The van der Waals surface area contributed by atoms with Crippen LogP contribution in [0.1, 0.15) is 31.3 Å². The topological polar surface area (TPSA) is 43.8 Å². The summed E-state index contributed by atoms with van der Waals surface area (Å²) in [6.45, 7) is 4.33. The number of imidazole rings is 1. The summed E-state index contributed by atoms with van der Waals surface area (Å²) in [6.07, 6.45) is 0.759. The van der Waals surface area contributed by atoms with Crippen LogP contribution in [0.3, 0.4) is 0 Å². The lowest BCUT2D eigenvalue weighted by Crippen LogP contribution is -2.07. The zero-order chi connectivity index (χ0) is 15.0. The number of fused-ring (bicyclic) bond motifs is 1. The van der Waals surface area contributed by atoms with Crippen molar-refractivity contribution in [3.63, 3.8) is 0 Å². The lowest BCUT2D eigenvalue weighted by Gasteiger charge is -2.13. The number of halogens is 1. The Labute approximate surface area is 129 Å². The Balaban J connectivity index is 2.10. The third kappa shape index (κ3) is 2.74. The summed E-state index contributed by atoms with van der Waals surface area (Å²) in [4.78, 5) is 4.76. The SMILES string of the molecule is CC(C)n1c(Cc2cccc(N)c2)nc2cc(Cl)ccc21. The van der Waals surface area contributed by atoms with Crippen LogP contribution in [0.4, 0.5) is 5.69 Å². The number of rotatable bonds is 3. The van der Waals surface area contributed by atoms with E-state index in [9.17, 15) is 0 Å². The fourth-order valence-corrected chi connectivity index (χ4v) is 2.87. The summed E-state index contributed by atoms with van der Waals surface area (Å²) in [6, 6.07) is 14.1. The second-order valence-corrected chi connectivity index (χ2v) is 5.98. The van der Waals surface area contributed by atoms with Gasteiger partial charge in [0.2, 0.25) is 0 Å². The maximum absolute atomic E-state index is 6.08. The molecule has 0 radical (unpaired) electrons. The second kappa shape index (κ2) is 5.41. The van der Waals surface area contributed by atoms with Crippen molar-refractivity contribution >= 4 is 28.3 Å². The van der Waals surface area contributed by atoms with Gasteiger partial charge in [-0.3, -0.25) is 0 Å². The molecule has 0 bridgehead atoms. The molecule has 0 spiro atoms. The number of hydrogen-bond acceptors (Lipinski definition) is 2. The van der Waals surface area contributed by atoms with Crippen molar-refractivity contribution < 1.29 is 0 Å². The Morgan fingerprint density at radius 2 is 2.00 bits per heavy atom. The molecule has 3 rings (SSSR count). The van der Waals surface area contributed by atoms with E-state index >= 15 is 0 Å². The molecule has 1 heterocycles. The van der Waals surface area contributed by atoms with Crippen molar-refractivity contribution in [2.24, 2.45) is 0 Å². The minimum Gasteiger partial charge on any atom is -0.399 e. The fourth-order valence-electron chi connectivity index (χ4n) is 2.71. The van der Waals surface area contributed by atoms with Gasteiger partial charge in [0.15, 0.2) is 0 Å². The summed E-state index contributed by atoms with van der Waals surface area (Å²) in [7, 11) is 0. The minimum absolute atomic E-state index is 0.340. The molecular formula is C17H18ClN3. The molecule has 0 aliphatic carbocycles. The van der Waals surface area contributed by atoms with Crippen LogP contribution in [0, 0.1) is 0 Å². The average molecular weight is 300 g/mol. The van der Waals surface area contributed by atoms with Crippen LogP contribution in [0.5, 0.6) is 0 Å². The Hall–Kier alpha value is -2.00. The summed E-state index contributed by atoms with van der Waals surface area (Å²) < 4.78 is 2.26. The van der Waals surface area contributed by atoms with Gasteiger partial charge in [-0.05, 0) is 49.7 Å². The molecule has 0 atom stereocenters. The van der Waals surface area contributed by atoms with Crippen LogP contribution in [-0.2, 0) is 6.42 Å². The third-order valence-electron chi connectivity index (χ3n) is 3.55. The Morgan fingerprint density at radius 1 is 1.19 bits per heavy atom. The van der Waals surface area contributed by atoms with Crippen LogP contribution >= 0.6 is 11.6 Å². The number of benzene rings is 2. The van der Waals surface area contributed by atoms with E-state index in [1.807, 2.05) is 36.4 Å². The predicted octanol–water partition coefficient (Wildman–Crippen LogP) is 4.44. The van der Waals surface area contributed by atoms with Gasteiger partial charge in [0.25, 0.3) is 0 Å². The van der Waals surface area contributed by atoms with E-state index in [-0.39, 0.29) is 0 Å². The van der Waals surface area contributed by atoms with Crippen molar-refractivity contribution in [3.05, 3.63) is 58.9 Å². The zero-order valence-corrected chi connectivity index (χ0v) is 12.9. The molecule has 108 valence electrons. The normalized spacial score (nSPS) is 11.4. The van der Waals surface area contributed by atoms with Crippen LogP contribution in [0.2, 0.25) is 5.02 Å². The fraction of sp³-hybridized carbons (Fsp3) is 0.235. The van der Waals surface area contributed by atoms with Gasteiger partial charge in [-0.1, -0.05) is 23.7 Å². The smallest absolute Gasteiger partial charge is 0.114 e. The highest BCUT2D eigenvalue weighted by Gasteiger charge is 2.14. The molecule has 0 saturated heterocycles. The number of hydrogen-bond donors (Lipinski definition) is 1. The molecule has 0 amide bonds. The first-order chi connectivity index (χ1) is 10.0. The van der Waals surface area contributed by atoms with Gasteiger partial charge in [-0.25, -0.2) is 4.98 Å². The molecule has 2 N–H and O–H groups in total. The van der Waals surface area contributed by atoms with E-state index < -0.39 is 0 Å². The first-order valence-corrected chi connectivity index (χ1v) is 7.43. The highest BCUT2D eigenvalue weighted by molar-refractivity contribution is 6.31. The molecule has 2 aromatic carbocycles. The first-order valence-electron chi connectivity index (χ1n) is 7.05. The van der Waals surface area contributed by atoms with E-state index in [0.29, 0.717) is 11.1 Å². The summed E-state index contributed by atoms with van der Waals surface area (Å²) in [5.41, 5.74) is 9.86. The van der Waals surface area contributed by atoms with Crippen LogP contribution in [0.15, 0.2) is 42.5 Å². The third-order valence-corrected chi connectivity index (χ3v) is 3.79. The number of nitrogens with two attached hydrogens (primary N) is 1. The second-order valence-electron chi connectivity index (χ2n) is 5.55. The highest BCUT2D eigenvalue weighted by Crippen LogP contribution is 2.25. The lowest BCUT2D eigenvalue weighted by molar-refractivity contribution is 0.591. The highest BCUT2D eigenvalue weighted by atomic mass is 35.5. The molecule has 21 heavy (non-hydrogen) atoms. The number of nitrogens with zero attached hydrogens (tertiary/aromatic N) is 2. The standard InChI is InChI=1S/C17H18ClN3/c1-11(2)21-16-7-6-13(18)10-15(16)20-17(21)9-12-4-3-5-14(19)8-12/h3-8,10-11H,9,19H2,1-2H3. The molecule has 3 nitrogen and oxygen atoms in total. The average Bonchev–Trinajstić information content (AvgIpc) is 2.75. The minimum atomic E-state index is 0.340. The Kier molecular flexibility index (Phi) is 3.60. The van der Waals surface area contributed by atoms with Gasteiger partial charge in [0.1, 0.15) is 5.82 Å². The first kappa shape index (κ1) is 14.0. The number of nitrogen functional groups attached to an aromatic ring is 1. The van der Waals surface area contributed by atoms with Crippen LogP contribution < -0.4 is 5.73 Å². The Bertz CT molecular complexity index is 790. The molecule has 0 unspecified atom stereocenters. The van der Waals surface area contributed by atoms with Crippen molar-refractivity contribution in [1.82, 2.24) is 9.55 Å². The van der Waals surface area contributed by atoms with E-state index in [0.717, 1.165) is 29.0 Å². The van der Waals surface area contributed by atoms with Gasteiger partial charge in [-0.15, -0.1) is 0 Å². The molecule has 0 fully saturated rings. The quantitative estimate of drug-likeness (QED) is 0.726. The van der Waals surface area contributed by atoms with Crippen LogP contribution in [-0.4, -0.2) is 9.55 Å². The van der Waals surface area contributed by atoms with E-state index in [1.54, 1.807) is 0 Å². The van der Waals surface area contributed by atoms with E-state index in [4.69, 9.17) is 22.3 Å². The predicted molar refractivity (Wildman–Crippen MR) is 88.8 cm³/mol. The maximum Gasteiger partial charge on any atom is 0.114 e. The van der Waals surface area contributed by atoms with Crippen molar-refractivity contribution in [2.45, 2.75) is 26.3 Å². The maximum atomic E-state index is 6.08. The van der Waals surface area contributed by atoms with Gasteiger partial charge in [0.05, 0.1) is 11.0 Å². The molecule has 1 aromatic heterocycles. The van der Waals surface area contributed by atoms with Gasteiger partial charge in [0, 0.05) is 23.2 Å². The van der Waals surface area contributed by atoms with Gasteiger partial charge < -0.3 is 10.3 Å². The van der Waals surface area contributed by atoms with Crippen molar-refractivity contribution in [2.75, 3.05) is 5.73 Å².